The first kappa shape index (κ1) is 11.5. The Bertz CT molecular complexity index is 570. The van der Waals surface area contributed by atoms with Crippen LogP contribution in [0.5, 0.6) is 0 Å². The Morgan fingerprint density at radius 3 is 2.83 bits per heavy atom. The Morgan fingerprint density at radius 2 is 2.00 bits per heavy atom. The summed E-state index contributed by atoms with van der Waals surface area (Å²) in [7, 11) is 0. The highest BCUT2D eigenvalue weighted by Gasteiger charge is 2.31. The van der Waals surface area contributed by atoms with Crippen molar-refractivity contribution in [3.8, 4) is 0 Å². The Kier molecular flexibility index (Phi) is 2.92. The molecule has 1 aromatic heterocycles. The highest BCUT2D eigenvalue weighted by atomic mass is 35.5. The van der Waals surface area contributed by atoms with Crippen LogP contribution in [0.15, 0.2) is 36.7 Å². The molecule has 0 aliphatic heterocycles. The van der Waals surface area contributed by atoms with Gasteiger partial charge in [-0.3, -0.25) is 4.98 Å². The molecule has 0 radical (unpaired) electrons. The molecule has 2 unspecified atom stereocenters. The van der Waals surface area contributed by atoms with E-state index in [1.54, 1.807) is 12.4 Å². The smallest absolute Gasteiger partial charge is 0.147 e. The number of nitrogens with one attached hydrogen (secondary N) is 1. The molecular weight excluding hydrogens is 246 g/mol. The average molecular weight is 260 g/mol. The van der Waals surface area contributed by atoms with Crippen molar-refractivity contribution in [1.82, 2.24) is 9.97 Å². The van der Waals surface area contributed by atoms with Gasteiger partial charge in [0.25, 0.3) is 0 Å². The van der Waals surface area contributed by atoms with Gasteiger partial charge in [-0.1, -0.05) is 24.3 Å². The van der Waals surface area contributed by atoms with Crippen molar-refractivity contribution in [2.45, 2.75) is 24.8 Å². The van der Waals surface area contributed by atoms with Crippen LogP contribution in [0, 0.1) is 6.92 Å². The van der Waals surface area contributed by atoms with Gasteiger partial charge in [0.05, 0.1) is 17.1 Å². The normalized spacial score (nSPS) is 21.7. The van der Waals surface area contributed by atoms with Crippen LogP contribution in [-0.4, -0.2) is 15.3 Å². The molecule has 4 heteroatoms. The zero-order valence-electron chi connectivity index (χ0n) is 10.1. The summed E-state index contributed by atoms with van der Waals surface area (Å²) in [4.78, 5) is 8.55. The Labute approximate surface area is 111 Å². The second kappa shape index (κ2) is 4.58. The standard InChI is InChI=1S/C14H14ClN3/c1-9-14(17-7-6-16-9)18-13-11-5-3-2-4-10(11)8-12(13)15/h2-7,12-13H,8H2,1H3,(H,17,18). The number of rotatable bonds is 2. The second-order valence-corrected chi connectivity index (χ2v) is 5.09. The Balaban J connectivity index is 1.92. The van der Waals surface area contributed by atoms with Crippen molar-refractivity contribution < 1.29 is 0 Å². The lowest BCUT2D eigenvalue weighted by molar-refractivity contribution is 0.763. The first-order valence-corrected chi connectivity index (χ1v) is 6.45. The SMILES string of the molecule is Cc1nccnc1NC1c2ccccc2CC1Cl. The molecule has 92 valence electrons. The predicted molar refractivity (Wildman–Crippen MR) is 72.9 cm³/mol. The van der Waals surface area contributed by atoms with E-state index in [-0.39, 0.29) is 11.4 Å². The zero-order valence-corrected chi connectivity index (χ0v) is 10.9. The molecule has 2 aromatic rings. The third-order valence-electron chi connectivity index (χ3n) is 3.34. The first-order chi connectivity index (χ1) is 8.75. The van der Waals surface area contributed by atoms with Crippen LogP contribution in [0.2, 0.25) is 0 Å². The summed E-state index contributed by atoms with van der Waals surface area (Å²) in [6.07, 6.45) is 4.29. The number of fused-ring (bicyclic) bond motifs is 1. The molecule has 1 heterocycles. The average Bonchev–Trinajstić information content (AvgIpc) is 2.69. The fraction of sp³-hybridized carbons (Fsp3) is 0.286. The van der Waals surface area contributed by atoms with Gasteiger partial charge in [0.15, 0.2) is 0 Å². The van der Waals surface area contributed by atoms with E-state index in [1.165, 1.54) is 11.1 Å². The number of nitrogens with zero attached hydrogens (tertiary/aromatic N) is 2. The quantitative estimate of drug-likeness (QED) is 0.843. The number of anilines is 1. The largest absolute Gasteiger partial charge is 0.360 e. The molecule has 0 spiro atoms. The minimum absolute atomic E-state index is 0.0591. The number of hydrogen-bond acceptors (Lipinski definition) is 3. The highest BCUT2D eigenvalue weighted by Crippen LogP contribution is 2.36. The summed E-state index contributed by atoms with van der Waals surface area (Å²) in [5.74, 6) is 0.810. The summed E-state index contributed by atoms with van der Waals surface area (Å²) in [5, 5.41) is 3.47. The number of halogens is 1. The van der Waals surface area contributed by atoms with Gasteiger partial charge in [-0.05, 0) is 24.5 Å². The van der Waals surface area contributed by atoms with E-state index < -0.39 is 0 Å². The molecule has 18 heavy (non-hydrogen) atoms. The van der Waals surface area contributed by atoms with Gasteiger partial charge in [-0.25, -0.2) is 4.98 Å². The summed E-state index contributed by atoms with van der Waals surface area (Å²) in [6, 6.07) is 8.47. The third-order valence-corrected chi connectivity index (χ3v) is 3.75. The molecule has 1 aromatic carbocycles. The van der Waals surface area contributed by atoms with E-state index in [1.807, 2.05) is 13.0 Å². The van der Waals surface area contributed by atoms with Crippen LogP contribution in [0.1, 0.15) is 22.9 Å². The molecular formula is C14H14ClN3. The molecule has 0 amide bonds. The lowest BCUT2D eigenvalue weighted by Crippen LogP contribution is -2.18. The molecule has 3 rings (SSSR count). The molecule has 2 atom stereocenters. The Morgan fingerprint density at radius 1 is 1.22 bits per heavy atom. The van der Waals surface area contributed by atoms with E-state index in [9.17, 15) is 0 Å². The fourth-order valence-corrected chi connectivity index (χ4v) is 2.78. The predicted octanol–water partition coefficient (Wildman–Crippen LogP) is 3.10. The molecule has 0 bridgehead atoms. The van der Waals surface area contributed by atoms with Gasteiger partial charge in [0.2, 0.25) is 0 Å². The highest BCUT2D eigenvalue weighted by molar-refractivity contribution is 6.21. The lowest BCUT2D eigenvalue weighted by atomic mass is 10.1. The molecule has 1 aliphatic carbocycles. The first-order valence-electron chi connectivity index (χ1n) is 6.01. The number of benzene rings is 1. The maximum absolute atomic E-state index is 6.44. The zero-order chi connectivity index (χ0) is 12.5. The Hall–Kier alpha value is -1.61. The lowest BCUT2D eigenvalue weighted by Gasteiger charge is -2.18. The molecule has 0 saturated heterocycles. The molecule has 0 fully saturated rings. The fourth-order valence-electron chi connectivity index (χ4n) is 2.41. The van der Waals surface area contributed by atoms with E-state index in [0.717, 1.165) is 17.9 Å². The molecule has 1 N–H and O–H groups in total. The van der Waals surface area contributed by atoms with Gasteiger partial charge in [0.1, 0.15) is 5.82 Å². The van der Waals surface area contributed by atoms with Gasteiger partial charge in [0, 0.05) is 12.4 Å². The van der Waals surface area contributed by atoms with Crippen LogP contribution in [0.3, 0.4) is 0 Å². The number of alkyl halides is 1. The van der Waals surface area contributed by atoms with Crippen LogP contribution in [0.4, 0.5) is 5.82 Å². The summed E-state index contributed by atoms with van der Waals surface area (Å²) >= 11 is 6.44. The van der Waals surface area contributed by atoms with Gasteiger partial charge in [-0.15, -0.1) is 11.6 Å². The van der Waals surface area contributed by atoms with Gasteiger partial charge >= 0.3 is 0 Å². The minimum Gasteiger partial charge on any atom is -0.360 e. The molecule has 1 aliphatic rings. The topological polar surface area (TPSA) is 37.8 Å². The maximum atomic E-state index is 6.44. The second-order valence-electron chi connectivity index (χ2n) is 4.53. The van der Waals surface area contributed by atoms with Crippen molar-refractivity contribution in [3.63, 3.8) is 0 Å². The van der Waals surface area contributed by atoms with Crippen LogP contribution in [-0.2, 0) is 6.42 Å². The van der Waals surface area contributed by atoms with E-state index in [0.29, 0.717) is 0 Å². The van der Waals surface area contributed by atoms with Crippen LogP contribution in [0.25, 0.3) is 0 Å². The summed E-state index contributed by atoms with van der Waals surface area (Å²) in [6.45, 7) is 1.94. The van der Waals surface area contributed by atoms with Crippen molar-refractivity contribution >= 4 is 17.4 Å². The van der Waals surface area contributed by atoms with Crippen molar-refractivity contribution in [1.29, 1.82) is 0 Å². The molecule has 3 nitrogen and oxygen atoms in total. The number of aryl methyl sites for hydroxylation is 1. The van der Waals surface area contributed by atoms with Crippen molar-refractivity contribution in [3.05, 3.63) is 53.5 Å². The van der Waals surface area contributed by atoms with E-state index in [2.05, 4.69) is 33.5 Å². The van der Waals surface area contributed by atoms with Gasteiger partial charge in [-0.2, -0.15) is 0 Å². The maximum Gasteiger partial charge on any atom is 0.147 e. The summed E-state index contributed by atoms with van der Waals surface area (Å²) < 4.78 is 0. The minimum atomic E-state index is 0.0591. The molecule has 0 saturated carbocycles. The third kappa shape index (κ3) is 1.95. The van der Waals surface area contributed by atoms with Crippen molar-refractivity contribution in [2.75, 3.05) is 5.32 Å². The van der Waals surface area contributed by atoms with E-state index in [4.69, 9.17) is 11.6 Å². The van der Waals surface area contributed by atoms with Gasteiger partial charge < -0.3 is 5.32 Å². The van der Waals surface area contributed by atoms with Crippen LogP contribution >= 0.6 is 11.6 Å². The number of aromatic nitrogens is 2. The van der Waals surface area contributed by atoms with Crippen LogP contribution < -0.4 is 5.32 Å². The monoisotopic (exact) mass is 259 g/mol. The van der Waals surface area contributed by atoms with E-state index >= 15 is 0 Å². The number of hydrogen-bond donors (Lipinski definition) is 1. The van der Waals surface area contributed by atoms with Crippen molar-refractivity contribution in [2.24, 2.45) is 0 Å². The summed E-state index contributed by atoms with van der Waals surface area (Å²) in [5.41, 5.74) is 3.48.